The topological polar surface area (TPSA) is 129 Å². The largest absolute Gasteiger partial charge is 0.476 e. The lowest BCUT2D eigenvalue weighted by atomic mass is 10.1. The lowest BCUT2D eigenvalue weighted by molar-refractivity contribution is -0.752. The molecule has 0 N–H and O–H groups in total. The van der Waals surface area contributed by atoms with Gasteiger partial charge in [0.1, 0.15) is 15.4 Å². The normalized spacial score (nSPS) is 10.2. The first-order valence-electron chi connectivity index (χ1n) is 4.05. The van der Waals surface area contributed by atoms with Gasteiger partial charge in [0.25, 0.3) is 5.69 Å². The van der Waals surface area contributed by atoms with E-state index in [4.69, 9.17) is 0 Å². The molecular formula is C7H4BrN3O6. The fourth-order valence-corrected chi connectivity index (χ4v) is 1.54. The number of hydrogen-bond donors (Lipinski definition) is 0. The van der Waals surface area contributed by atoms with Crippen molar-refractivity contribution >= 4 is 21.6 Å². The Kier molecular flexibility index (Phi) is 3.68. The second-order valence-electron chi connectivity index (χ2n) is 2.91. The zero-order valence-electron chi connectivity index (χ0n) is 7.98. The van der Waals surface area contributed by atoms with E-state index in [0.29, 0.717) is 0 Å². The van der Waals surface area contributed by atoms with Gasteiger partial charge in [-0.3, -0.25) is 30.3 Å². The van der Waals surface area contributed by atoms with Crippen LogP contribution in [-0.2, 0) is 0 Å². The van der Waals surface area contributed by atoms with Crippen LogP contribution >= 0.6 is 15.9 Å². The van der Waals surface area contributed by atoms with Gasteiger partial charge in [-0.15, -0.1) is 0 Å². The van der Waals surface area contributed by atoms with Crippen molar-refractivity contribution in [1.82, 2.24) is 0 Å². The molecule has 0 aromatic heterocycles. The first-order valence-corrected chi connectivity index (χ1v) is 4.84. The van der Waals surface area contributed by atoms with Crippen molar-refractivity contribution in [2.24, 2.45) is 0 Å². The van der Waals surface area contributed by atoms with Crippen molar-refractivity contribution in [3.63, 3.8) is 0 Å². The third kappa shape index (κ3) is 2.72. The smallest absolute Gasteiger partial charge is 0.258 e. The Labute approximate surface area is 102 Å². The van der Waals surface area contributed by atoms with Gasteiger partial charge in [-0.25, -0.2) is 0 Å². The monoisotopic (exact) mass is 305 g/mol. The molecule has 10 heteroatoms. The summed E-state index contributed by atoms with van der Waals surface area (Å²) in [7, 11) is 0. The highest BCUT2D eigenvalue weighted by Crippen LogP contribution is 2.29. The molecule has 0 unspecified atom stereocenters. The minimum Gasteiger partial charge on any atom is -0.258 e. The van der Waals surface area contributed by atoms with Crippen molar-refractivity contribution in [3.05, 3.63) is 58.6 Å². The van der Waals surface area contributed by atoms with Gasteiger partial charge in [-0.05, 0) is 28.1 Å². The molecule has 0 heterocycles. The molecule has 0 bridgehead atoms. The van der Waals surface area contributed by atoms with E-state index in [1.54, 1.807) is 0 Å². The van der Waals surface area contributed by atoms with E-state index in [0.717, 1.165) is 18.2 Å². The van der Waals surface area contributed by atoms with Crippen LogP contribution in [0.4, 0.5) is 5.69 Å². The Bertz CT molecular complexity index is 490. The van der Waals surface area contributed by atoms with E-state index in [-0.39, 0.29) is 10.0 Å². The third-order valence-corrected chi connectivity index (χ3v) is 2.53. The summed E-state index contributed by atoms with van der Waals surface area (Å²) >= 11 is 2.87. The Balaban J connectivity index is 3.31. The first-order chi connectivity index (χ1) is 7.84. The average Bonchev–Trinajstić information content (AvgIpc) is 2.19. The zero-order chi connectivity index (χ0) is 13.2. The van der Waals surface area contributed by atoms with Crippen molar-refractivity contribution in [1.29, 1.82) is 0 Å². The van der Waals surface area contributed by atoms with Crippen LogP contribution in [0.25, 0.3) is 0 Å². The molecule has 0 radical (unpaired) electrons. The summed E-state index contributed by atoms with van der Waals surface area (Å²) < 4.78 is 0.0942. The summed E-state index contributed by atoms with van der Waals surface area (Å²) in [5, 5.41) is 31.6. The fourth-order valence-electron chi connectivity index (χ4n) is 1.15. The summed E-state index contributed by atoms with van der Waals surface area (Å²) in [5.41, 5.74) is -0.814. The van der Waals surface area contributed by atoms with E-state index >= 15 is 0 Å². The number of rotatable bonds is 4. The lowest BCUT2D eigenvalue weighted by Gasteiger charge is -2.02. The van der Waals surface area contributed by atoms with E-state index in [2.05, 4.69) is 15.9 Å². The van der Waals surface area contributed by atoms with Gasteiger partial charge in [0.15, 0.2) is 0 Å². The second-order valence-corrected chi connectivity index (χ2v) is 3.77. The van der Waals surface area contributed by atoms with Crippen LogP contribution in [0.3, 0.4) is 0 Å². The number of nitro benzene ring substituents is 1. The molecule has 0 spiro atoms. The van der Waals surface area contributed by atoms with Crippen LogP contribution in [0.1, 0.15) is 11.7 Å². The summed E-state index contributed by atoms with van der Waals surface area (Å²) in [6.45, 7) is 0. The van der Waals surface area contributed by atoms with Crippen LogP contribution in [0.5, 0.6) is 0 Å². The zero-order valence-corrected chi connectivity index (χ0v) is 9.56. The van der Waals surface area contributed by atoms with E-state index in [1.165, 1.54) is 0 Å². The molecule has 17 heavy (non-hydrogen) atoms. The number of halogens is 1. The quantitative estimate of drug-likeness (QED) is 0.474. The lowest BCUT2D eigenvalue weighted by Crippen LogP contribution is -2.19. The van der Waals surface area contributed by atoms with Crippen LogP contribution in [0.15, 0.2) is 22.7 Å². The third-order valence-electron chi connectivity index (χ3n) is 1.86. The van der Waals surface area contributed by atoms with Gasteiger partial charge in [-0.2, -0.15) is 0 Å². The number of nitro groups is 3. The highest BCUT2D eigenvalue weighted by Gasteiger charge is 2.36. The minimum atomic E-state index is -2.21. The summed E-state index contributed by atoms with van der Waals surface area (Å²) in [6.07, 6.45) is -2.21. The Hall–Kier alpha value is -2.10. The van der Waals surface area contributed by atoms with E-state index < -0.39 is 26.6 Å². The minimum absolute atomic E-state index is 0.0942. The molecule has 1 aromatic rings. The van der Waals surface area contributed by atoms with Gasteiger partial charge in [0, 0.05) is 6.07 Å². The fraction of sp³-hybridized carbons (Fsp3) is 0.143. The molecule has 9 nitrogen and oxygen atoms in total. The van der Waals surface area contributed by atoms with Gasteiger partial charge < -0.3 is 0 Å². The van der Waals surface area contributed by atoms with Crippen molar-refractivity contribution < 1.29 is 14.8 Å². The molecule has 0 aliphatic carbocycles. The van der Waals surface area contributed by atoms with Crippen LogP contribution in [0, 0.1) is 30.3 Å². The van der Waals surface area contributed by atoms with E-state index in [1.807, 2.05) is 0 Å². The van der Waals surface area contributed by atoms with Gasteiger partial charge in [0.05, 0.1) is 9.40 Å². The number of hydrogen-bond acceptors (Lipinski definition) is 6. The molecule has 90 valence electrons. The molecule has 1 aromatic carbocycles. The first kappa shape index (κ1) is 13.0. The highest BCUT2D eigenvalue weighted by atomic mass is 79.9. The molecule has 0 aliphatic rings. The second kappa shape index (κ2) is 4.82. The van der Waals surface area contributed by atoms with Gasteiger partial charge in [0.2, 0.25) is 0 Å². The summed E-state index contributed by atoms with van der Waals surface area (Å²) in [4.78, 5) is 28.5. The van der Waals surface area contributed by atoms with Gasteiger partial charge in [-0.1, -0.05) is 0 Å². The standard InChI is InChI=1S/C7H4BrN3O6/c8-5-2-1-4(3-6(5)9(12)13)7(10(14)15)11(16)17/h1-3,7H. The maximum Gasteiger partial charge on any atom is 0.476 e. The molecule has 0 fully saturated rings. The summed E-state index contributed by atoms with van der Waals surface area (Å²) in [5.74, 6) is 0. The molecule has 0 aliphatic heterocycles. The maximum absolute atomic E-state index is 10.6. The van der Waals surface area contributed by atoms with Crippen molar-refractivity contribution in [2.75, 3.05) is 0 Å². The van der Waals surface area contributed by atoms with E-state index in [9.17, 15) is 30.3 Å². The van der Waals surface area contributed by atoms with Crippen LogP contribution in [-0.4, -0.2) is 14.8 Å². The average molecular weight is 306 g/mol. The van der Waals surface area contributed by atoms with Crippen LogP contribution in [0.2, 0.25) is 0 Å². The molecule has 0 atom stereocenters. The number of nitrogens with zero attached hydrogens (tertiary/aromatic N) is 3. The predicted molar refractivity (Wildman–Crippen MR) is 57.5 cm³/mol. The maximum atomic E-state index is 10.6. The highest BCUT2D eigenvalue weighted by molar-refractivity contribution is 9.10. The molecule has 0 saturated carbocycles. The Morgan fingerprint density at radius 1 is 1.06 bits per heavy atom. The van der Waals surface area contributed by atoms with Gasteiger partial charge >= 0.3 is 6.17 Å². The Morgan fingerprint density at radius 3 is 2.00 bits per heavy atom. The van der Waals surface area contributed by atoms with Crippen molar-refractivity contribution in [3.8, 4) is 0 Å². The molecule has 1 rings (SSSR count). The summed E-state index contributed by atoms with van der Waals surface area (Å²) in [6, 6.07) is 3.06. The van der Waals surface area contributed by atoms with Crippen LogP contribution < -0.4 is 0 Å². The van der Waals surface area contributed by atoms with Crippen molar-refractivity contribution in [2.45, 2.75) is 6.17 Å². The number of benzene rings is 1. The Morgan fingerprint density at radius 2 is 1.59 bits per heavy atom. The molecular weight excluding hydrogens is 302 g/mol. The molecule has 0 saturated heterocycles. The SMILES string of the molecule is O=[N+]([O-])c1cc(C([N+](=O)[O-])[N+](=O)[O-])ccc1Br. The molecule has 0 amide bonds. The predicted octanol–water partition coefficient (Wildman–Crippen LogP) is 1.91.